The molecule has 1 aromatic heterocycles. The maximum atomic E-state index is 13.2. The Morgan fingerprint density at radius 2 is 1.52 bits per heavy atom. The third-order valence-corrected chi connectivity index (χ3v) is 6.33. The number of ether oxygens (including phenoxy) is 1. The molecule has 240 valence electrons. The number of rotatable bonds is 16. The quantitative estimate of drug-likeness (QED) is 0.0841. The van der Waals surface area contributed by atoms with E-state index in [2.05, 4.69) is 15.2 Å². The monoisotopic (exact) mass is 644 g/mol. The van der Waals surface area contributed by atoms with Gasteiger partial charge in [-0.25, -0.2) is 14.2 Å². The van der Waals surface area contributed by atoms with Crippen molar-refractivity contribution in [2.24, 2.45) is 5.73 Å². The molecule has 0 spiro atoms. The summed E-state index contributed by atoms with van der Waals surface area (Å²) in [6, 6.07) is 1.46. The van der Waals surface area contributed by atoms with Gasteiger partial charge in [-0.3, -0.25) is 33.4 Å². The van der Waals surface area contributed by atoms with Crippen molar-refractivity contribution in [3.63, 3.8) is 0 Å². The number of benzene rings is 1. The molecule has 1 heterocycles. The highest BCUT2D eigenvalue weighted by Gasteiger charge is 2.34. The van der Waals surface area contributed by atoms with Crippen molar-refractivity contribution in [3.05, 3.63) is 40.8 Å². The van der Waals surface area contributed by atoms with Crippen LogP contribution in [0.2, 0.25) is 0 Å². The van der Waals surface area contributed by atoms with E-state index in [1.807, 2.05) is 0 Å². The lowest BCUT2D eigenvalue weighted by molar-refractivity contribution is -0.139. The second kappa shape index (κ2) is 15.6. The number of carboxylic acid groups (broad SMARTS) is 2. The van der Waals surface area contributed by atoms with Crippen LogP contribution in [0.25, 0.3) is 11.0 Å². The normalized spacial score (nSPS) is 13.2. The van der Waals surface area contributed by atoms with Gasteiger partial charge in [-0.1, -0.05) is 0 Å². The van der Waals surface area contributed by atoms with E-state index in [-0.39, 0.29) is 11.3 Å². The molecule has 4 amide bonds. The van der Waals surface area contributed by atoms with Crippen LogP contribution in [0.15, 0.2) is 39.5 Å². The Labute approximate surface area is 247 Å². The zero-order chi connectivity index (χ0) is 33.2. The number of nitrogens with two attached hydrogens (primary N) is 1. The summed E-state index contributed by atoms with van der Waals surface area (Å²) in [5.74, 6) is -6.39. The lowest BCUT2D eigenvalue weighted by Crippen LogP contribution is -2.57. The van der Waals surface area contributed by atoms with Crippen molar-refractivity contribution >= 4 is 54.5 Å². The maximum absolute atomic E-state index is 13.2. The Kier molecular flexibility index (Phi) is 12.5. The van der Waals surface area contributed by atoms with E-state index >= 15 is 0 Å². The van der Waals surface area contributed by atoms with Gasteiger partial charge in [0.2, 0.25) is 17.7 Å². The molecule has 0 fully saturated rings. The highest BCUT2D eigenvalue weighted by molar-refractivity contribution is 7.46. The van der Waals surface area contributed by atoms with Crippen LogP contribution in [0, 0.1) is 0 Å². The summed E-state index contributed by atoms with van der Waals surface area (Å²) in [7, 11) is -4.23. The molecule has 44 heavy (non-hydrogen) atoms. The van der Waals surface area contributed by atoms with Crippen LogP contribution in [-0.2, 0) is 33.1 Å². The average molecular weight is 644 g/mol. The molecule has 1 aromatic carbocycles. The summed E-state index contributed by atoms with van der Waals surface area (Å²) in [6.45, 7) is -1.13. The minimum Gasteiger partial charge on any atom is -0.481 e. The van der Waals surface area contributed by atoms with Crippen LogP contribution in [0.1, 0.15) is 25.7 Å². The highest BCUT2D eigenvalue weighted by atomic mass is 31.2. The van der Waals surface area contributed by atoms with Crippen molar-refractivity contribution in [1.29, 1.82) is 0 Å². The number of carbonyl (C=O) groups is 6. The maximum Gasteiger partial charge on any atom is 0.469 e. The summed E-state index contributed by atoms with van der Waals surface area (Å²) in [5.41, 5.74) is 4.56. The Balaban J connectivity index is 2.29. The number of likely N-dealkylation sites (N-methyl/N-ethyl adjacent to an activating group) is 1. The first-order valence-corrected chi connectivity index (χ1v) is 14.0. The number of aliphatic carboxylic acids is 2. The van der Waals surface area contributed by atoms with Crippen LogP contribution in [0.4, 0.5) is 4.79 Å². The highest BCUT2D eigenvalue weighted by Crippen LogP contribution is 2.36. The minimum atomic E-state index is -5.21. The van der Waals surface area contributed by atoms with Crippen LogP contribution in [-0.4, -0.2) is 92.4 Å². The summed E-state index contributed by atoms with van der Waals surface area (Å²) in [5, 5.41) is 22.7. The second-order valence-corrected chi connectivity index (χ2v) is 10.4. The van der Waals surface area contributed by atoms with Crippen molar-refractivity contribution in [1.82, 2.24) is 15.5 Å². The van der Waals surface area contributed by atoms with Crippen LogP contribution in [0.3, 0.4) is 0 Å². The van der Waals surface area contributed by atoms with Gasteiger partial charge in [0, 0.05) is 37.4 Å². The molecule has 0 aliphatic carbocycles. The van der Waals surface area contributed by atoms with Gasteiger partial charge in [-0.15, -0.1) is 0 Å². The molecule has 0 saturated carbocycles. The lowest BCUT2D eigenvalue weighted by Gasteiger charge is -2.28. The third kappa shape index (κ3) is 11.4. The van der Waals surface area contributed by atoms with E-state index in [0.717, 1.165) is 7.05 Å². The first-order valence-electron chi connectivity index (χ1n) is 12.5. The number of primary amides is 1. The number of nitrogens with zero attached hydrogens (tertiary/aromatic N) is 1. The van der Waals surface area contributed by atoms with Gasteiger partial charge in [-0.05, 0) is 31.0 Å². The predicted molar refractivity (Wildman–Crippen MR) is 145 cm³/mol. The summed E-state index contributed by atoms with van der Waals surface area (Å²) in [4.78, 5) is 103. The largest absolute Gasteiger partial charge is 0.481 e. The van der Waals surface area contributed by atoms with Crippen LogP contribution < -0.4 is 26.7 Å². The molecular formula is C24H29N4O15P. The minimum absolute atomic E-state index is 0.0504. The molecule has 2 aromatic rings. The topological polar surface area (TPSA) is 302 Å². The fourth-order valence-corrected chi connectivity index (χ4v) is 3.90. The van der Waals surface area contributed by atoms with Gasteiger partial charge in [0.1, 0.15) is 29.5 Å². The number of carbonyl (C=O) groups excluding carboxylic acids is 4. The van der Waals surface area contributed by atoms with Crippen LogP contribution >= 0.6 is 7.82 Å². The molecule has 0 aliphatic heterocycles. The van der Waals surface area contributed by atoms with E-state index in [1.165, 1.54) is 30.3 Å². The van der Waals surface area contributed by atoms with Crippen molar-refractivity contribution in [3.8, 4) is 5.75 Å². The number of fused-ring (bicyclic) bond motifs is 1. The standard InChI is InChI=1S/C24H29N4O15P/c1-28(24(37)42-13-4-2-12-3-9-20(33)43-17(12)10-13)16(11-41-44(38,39)40)23(36)27-15(6-8-19(31)32)22(35)26-14(21(25)34)5-7-18(29)30/h2-4,9-10,14-16H,5-8,11H2,1H3,(H2,25,34)(H,26,35)(H,27,36)(H,29,30)(H,31,32)(H2,38,39,40)/t14-,15-,16-/m0/s1. The molecule has 20 heteroatoms. The number of carboxylic acids is 2. The van der Waals surface area contributed by atoms with Gasteiger partial charge < -0.3 is 45.5 Å². The SMILES string of the molecule is CN(C(=O)Oc1ccc2ccc(=O)oc2c1)[C@@H](COP(=O)(O)O)C(=O)N[C@@H](CCC(=O)O)C(=O)N[C@@H](CCC(=O)O)C(N)=O. The first kappa shape index (κ1) is 35.4. The number of amides is 4. The van der Waals surface area contributed by atoms with E-state index in [0.29, 0.717) is 10.3 Å². The zero-order valence-electron chi connectivity index (χ0n) is 22.9. The van der Waals surface area contributed by atoms with Crippen molar-refractivity contribution < 1.29 is 67.0 Å². The Morgan fingerprint density at radius 3 is 2.09 bits per heavy atom. The molecule has 0 unspecified atom stereocenters. The van der Waals surface area contributed by atoms with Gasteiger partial charge >= 0.3 is 31.5 Å². The Morgan fingerprint density at radius 1 is 0.955 bits per heavy atom. The van der Waals surface area contributed by atoms with Gasteiger partial charge in [0.05, 0.1) is 6.61 Å². The predicted octanol–water partition coefficient (Wildman–Crippen LogP) is -1.11. The zero-order valence-corrected chi connectivity index (χ0v) is 23.8. The van der Waals surface area contributed by atoms with Crippen molar-refractivity contribution in [2.75, 3.05) is 13.7 Å². The molecule has 3 atom stereocenters. The lowest BCUT2D eigenvalue weighted by atomic mass is 10.1. The number of nitrogens with one attached hydrogen (secondary N) is 2. The van der Waals surface area contributed by atoms with Gasteiger partial charge in [0.25, 0.3) is 0 Å². The smallest absolute Gasteiger partial charge is 0.469 e. The fourth-order valence-electron chi connectivity index (χ4n) is 3.57. The molecule has 8 N–H and O–H groups in total. The van der Waals surface area contributed by atoms with E-state index in [1.54, 1.807) is 0 Å². The summed E-state index contributed by atoms with van der Waals surface area (Å²) < 4.78 is 25.9. The van der Waals surface area contributed by atoms with E-state index in [4.69, 9.17) is 34.9 Å². The molecule has 0 bridgehead atoms. The second-order valence-electron chi connectivity index (χ2n) is 9.12. The summed E-state index contributed by atoms with van der Waals surface area (Å²) >= 11 is 0. The number of hydrogen-bond acceptors (Lipinski definition) is 11. The van der Waals surface area contributed by atoms with E-state index in [9.17, 15) is 38.1 Å². The van der Waals surface area contributed by atoms with Crippen molar-refractivity contribution in [2.45, 2.75) is 43.8 Å². The molecular weight excluding hydrogens is 615 g/mol. The third-order valence-electron chi connectivity index (χ3n) is 5.85. The Bertz CT molecular complexity index is 1520. The molecule has 0 radical (unpaired) electrons. The van der Waals surface area contributed by atoms with Crippen LogP contribution in [0.5, 0.6) is 5.75 Å². The average Bonchev–Trinajstić information content (AvgIpc) is 2.91. The number of phosphoric acid groups is 1. The molecule has 0 aliphatic rings. The van der Waals surface area contributed by atoms with E-state index < -0.39 is 99.6 Å². The Hall–Kier alpha value is -4.84. The summed E-state index contributed by atoms with van der Waals surface area (Å²) in [6.07, 6.45) is -3.53. The first-order chi connectivity index (χ1) is 20.5. The molecule has 0 saturated heterocycles. The number of hydrogen-bond donors (Lipinski definition) is 7. The van der Waals surface area contributed by atoms with Gasteiger partial charge in [-0.2, -0.15) is 0 Å². The fraction of sp³-hybridized carbons (Fsp3) is 0.375. The molecule has 19 nitrogen and oxygen atoms in total. The molecule has 2 rings (SSSR count). The van der Waals surface area contributed by atoms with Gasteiger partial charge in [0.15, 0.2) is 0 Å². The number of phosphoric ester groups is 1.